The van der Waals surface area contributed by atoms with Crippen LogP contribution in [-0.4, -0.2) is 26.3 Å². The van der Waals surface area contributed by atoms with Crippen LogP contribution >= 0.6 is 15.9 Å². The van der Waals surface area contributed by atoms with Crippen molar-refractivity contribution in [2.45, 2.75) is 46.6 Å². The van der Waals surface area contributed by atoms with Crippen molar-refractivity contribution in [1.82, 2.24) is 19.7 Å². The number of aryl methyl sites for hydroxylation is 2. The van der Waals surface area contributed by atoms with Gasteiger partial charge in [0.15, 0.2) is 5.82 Å². The van der Waals surface area contributed by atoms with E-state index in [2.05, 4.69) is 52.1 Å². The highest BCUT2D eigenvalue weighted by Crippen LogP contribution is 2.27. The van der Waals surface area contributed by atoms with E-state index >= 15 is 0 Å². The fourth-order valence-electron chi connectivity index (χ4n) is 2.14. The topological polar surface area (TPSA) is 55.6 Å². The predicted octanol–water partition coefficient (Wildman–Crippen LogP) is 3.90. The molecule has 0 aromatic carbocycles. The molecule has 0 aliphatic heterocycles. The molecule has 0 aliphatic carbocycles. The highest BCUT2D eigenvalue weighted by molar-refractivity contribution is 9.10. The number of nitrogens with one attached hydrogen (secondary N) is 1. The van der Waals surface area contributed by atoms with Gasteiger partial charge >= 0.3 is 0 Å². The van der Waals surface area contributed by atoms with E-state index in [1.54, 1.807) is 0 Å². The monoisotopic (exact) mass is 351 g/mol. The first-order valence-corrected chi connectivity index (χ1v) is 8.31. The molecule has 0 spiro atoms. The van der Waals surface area contributed by atoms with Gasteiger partial charge in [0.05, 0.1) is 21.9 Å². The molecule has 2 rings (SSSR count). The molecule has 0 bridgehead atoms. The first kappa shape index (κ1) is 15.9. The van der Waals surface area contributed by atoms with E-state index in [1.165, 1.54) is 0 Å². The van der Waals surface area contributed by atoms with Crippen molar-refractivity contribution < 1.29 is 0 Å². The van der Waals surface area contributed by atoms with Gasteiger partial charge in [0.1, 0.15) is 5.82 Å². The molecule has 1 N–H and O–H groups in total. The van der Waals surface area contributed by atoms with Crippen LogP contribution in [0.15, 0.2) is 16.9 Å². The summed E-state index contributed by atoms with van der Waals surface area (Å²) in [5.74, 6) is 1.59. The van der Waals surface area contributed by atoms with Crippen LogP contribution < -0.4 is 5.32 Å². The molecule has 21 heavy (non-hydrogen) atoms. The van der Waals surface area contributed by atoms with Crippen LogP contribution in [0.25, 0.3) is 11.4 Å². The molecule has 0 atom stereocenters. The maximum atomic E-state index is 4.70. The molecule has 5 nitrogen and oxygen atoms in total. The molecule has 0 aliphatic rings. The first-order chi connectivity index (χ1) is 10.2. The Balaban J connectivity index is 2.41. The quantitative estimate of drug-likeness (QED) is 0.821. The summed E-state index contributed by atoms with van der Waals surface area (Å²) in [4.78, 5) is 9.32. The van der Waals surface area contributed by atoms with E-state index in [1.807, 2.05) is 17.1 Å². The number of rotatable bonds is 7. The van der Waals surface area contributed by atoms with Gasteiger partial charge < -0.3 is 5.32 Å². The maximum Gasteiger partial charge on any atom is 0.165 e. The van der Waals surface area contributed by atoms with E-state index in [9.17, 15) is 0 Å². The van der Waals surface area contributed by atoms with Crippen LogP contribution in [0, 0.1) is 0 Å². The lowest BCUT2D eigenvalue weighted by molar-refractivity contribution is 0.603. The van der Waals surface area contributed by atoms with Crippen molar-refractivity contribution >= 4 is 21.7 Å². The van der Waals surface area contributed by atoms with Crippen molar-refractivity contribution in [1.29, 1.82) is 0 Å². The lowest BCUT2D eigenvalue weighted by Gasteiger charge is -2.11. The third kappa shape index (κ3) is 3.81. The molecule has 0 radical (unpaired) electrons. The normalized spacial score (nSPS) is 10.9. The molecule has 0 fully saturated rings. The second-order valence-corrected chi connectivity index (χ2v) is 5.72. The molecule has 2 heterocycles. The highest BCUT2D eigenvalue weighted by Gasteiger charge is 2.13. The van der Waals surface area contributed by atoms with Gasteiger partial charge in [0, 0.05) is 19.3 Å². The minimum atomic E-state index is 0.736. The van der Waals surface area contributed by atoms with Gasteiger partial charge in [-0.3, -0.25) is 4.68 Å². The fraction of sp³-hybridized carbons (Fsp3) is 0.533. The van der Waals surface area contributed by atoms with Crippen molar-refractivity contribution in [3.05, 3.63) is 22.6 Å². The van der Waals surface area contributed by atoms with Gasteiger partial charge in [-0.05, 0) is 35.7 Å². The van der Waals surface area contributed by atoms with E-state index in [4.69, 9.17) is 4.98 Å². The summed E-state index contributed by atoms with van der Waals surface area (Å²) in [6.07, 6.45) is 6.89. The van der Waals surface area contributed by atoms with Crippen LogP contribution in [0.3, 0.4) is 0 Å². The largest absolute Gasteiger partial charge is 0.369 e. The highest BCUT2D eigenvalue weighted by atomic mass is 79.9. The molecular formula is C15H22BrN5. The Labute approximate surface area is 134 Å². The van der Waals surface area contributed by atoms with Crippen LogP contribution in [0.1, 0.15) is 39.3 Å². The number of aromatic nitrogens is 4. The second kappa shape index (κ2) is 7.54. The van der Waals surface area contributed by atoms with Gasteiger partial charge in [-0.15, -0.1) is 0 Å². The predicted molar refractivity (Wildman–Crippen MR) is 89.4 cm³/mol. The minimum absolute atomic E-state index is 0.736. The summed E-state index contributed by atoms with van der Waals surface area (Å²) in [6, 6.07) is 0. The smallest absolute Gasteiger partial charge is 0.165 e. The van der Waals surface area contributed by atoms with E-state index in [0.29, 0.717) is 0 Å². The van der Waals surface area contributed by atoms with Gasteiger partial charge in [-0.2, -0.15) is 5.10 Å². The molecule has 0 amide bonds. The van der Waals surface area contributed by atoms with E-state index < -0.39 is 0 Å². The Morgan fingerprint density at radius 1 is 1.19 bits per heavy atom. The standard InChI is InChI=1S/C15H22BrN5/c1-4-7-12-13(16)15(17-6-3)20-14(19-12)11-9-18-21(10-11)8-5-2/h9-10H,4-8H2,1-3H3,(H,17,19,20). The Kier molecular flexibility index (Phi) is 5.73. The average molecular weight is 352 g/mol. The minimum Gasteiger partial charge on any atom is -0.369 e. The van der Waals surface area contributed by atoms with E-state index in [0.717, 1.165) is 59.7 Å². The van der Waals surface area contributed by atoms with Crippen LogP contribution in [0.2, 0.25) is 0 Å². The summed E-state index contributed by atoms with van der Waals surface area (Å²) >= 11 is 3.61. The zero-order valence-corrected chi connectivity index (χ0v) is 14.4. The number of halogens is 1. The molecule has 0 saturated heterocycles. The Morgan fingerprint density at radius 2 is 2.00 bits per heavy atom. The summed E-state index contributed by atoms with van der Waals surface area (Å²) in [5.41, 5.74) is 2.01. The van der Waals surface area contributed by atoms with Gasteiger partial charge in [-0.25, -0.2) is 9.97 Å². The number of nitrogens with zero attached hydrogens (tertiary/aromatic N) is 4. The van der Waals surface area contributed by atoms with Crippen molar-refractivity contribution in [3.63, 3.8) is 0 Å². The number of hydrogen-bond acceptors (Lipinski definition) is 4. The van der Waals surface area contributed by atoms with Crippen molar-refractivity contribution in [2.75, 3.05) is 11.9 Å². The first-order valence-electron chi connectivity index (χ1n) is 7.52. The van der Waals surface area contributed by atoms with Crippen LogP contribution in [0.5, 0.6) is 0 Å². The summed E-state index contributed by atoms with van der Waals surface area (Å²) in [7, 11) is 0. The maximum absolute atomic E-state index is 4.70. The molecule has 0 saturated carbocycles. The lowest BCUT2D eigenvalue weighted by Crippen LogP contribution is -2.06. The molecule has 114 valence electrons. The Hall–Kier alpha value is -1.43. The number of anilines is 1. The molecule has 2 aromatic heterocycles. The van der Waals surface area contributed by atoms with Crippen LogP contribution in [-0.2, 0) is 13.0 Å². The molecule has 0 unspecified atom stereocenters. The summed E-state index contributed by atoms with van der Waals surface area (Å²) < 4.78 is 2.91. The molecule has 6 heteroatoms. The third-order valence-corrected chi connectivity index (χ3v) is 3.93. The zero-order valence-electron chi connectivity index (χ0n) is 12.9. The molecular weight excluding hydrogens is 330 g/mol. The Morgan fingerprint density at radius 3 is 2.67 bits per heavy atom. The van der Waals surface area contributed by atoms with Crippen molar-refractivity contribution in [3.8, 4) is 11.4 Å². The lowest BCUT2D eigenvalue weighted by atomic mass is 10.2. The van der Waals surface area contributed by atoms with Gasteiger partial charge in [0.25, 0.3) is 0 Å². The van der Waals surface area contributed by atoms with E-state index in [-0.39, 0.29) is 0 Å². The third-order valence-electron chi connectivity index (χ3n) is 3.10. The molecule has 2 aromatic rings. The zero-order chi connectivity index (χ0) is 15.2. The fourth-order valence-corrected chi connectivity index (χ4v) is 2.66. The van der Waals surface area contributed by atoms with Gasteiger partial charge in [-0.1, -0.05) is 20.3 Å². The van der Waals surface area contributed by atoms with Gasteiger partial charge in [0.2, 0.25) is 0 Å². The van der Waals surface area contributed by atoms with Crippen LogP contribution in [0.4, 0.5) is 5.82 Å². The SMILES string of the molecule is CCCc1nc(-c2cnn(CCC)c2)nc(NCC)c1Br. The Bertz CT molecular complexity index is 566. The van der Waals surface area contributed by atoms with Crippen molar-refractivity contribution in [2.24, 2.45) is 0 Å². The second-order valence-electron chi connectivity index (χ2n) is 4.93. The summed E-state index contributed by atoms with van der Waals surface area (Å²) in [5, 5.41) is 7.65. The number of hydrogen-bond donors (Lipinski definition) is 1. The average Bonchev–Trinajstić information content (AvgIpc) is 2.92. The summed E-state index contributed by atoms with van der Waals surface area (Å²) in [6.45, 7) is 8.10.